The zero-order chi connectivity index (χ0) is 18.6. The van der Waals surface area contributed by atoms with Gasteiger partial charge in [0.1, 0.15) is 11.5 Å². The first-order valence-corrected chi connectivity index (χ1v) is 10.7. The van der Waals surface area contributed by atoms with Gasteiger partial charge in [-0.1, -0.05) is 48.5 Å². The summed E-state index contributed by atoms with van der Waals surface area (Å²) in [5.74, 6) is 1.68. The predicted octanol–water partition coefficient (Wildman–Crippen LogP) is 8.02. The Labute approximate surface area is 186 Å². The fourth-order valence-corrected chi connectivity index (χ4v) is 4.01. The zero-order valence-corrected chi connectivity index (χ0v) is 18.7. The van der Waals surface area contributed by atoms with Crippen molar-refractivity contribution in [3.63, 3.8) is 0 Å². The predicted molar refractivity (Wildman–Crippen MR) is 129 cm³/mol. The number of hydrogen-bond acceptors (Lipinski definition) is 1. The Hall–Kier alpha value is -1.86. The maximum atomic E-state index is 6.08. The van der Waals surface area contributed by atoms with Gasteiger partial charge in [0.2, 0.25) is 0 Å². The minimum atomic E-state index is 0.837. The van der Waals surface area contributed by atoms with Crippen LogP contribution in [-0.4, -0.2) is 0 Å². The Morgan fingerprint density at radius 1 is 0.444 bits per heavy atom. The third-order valence-corrected chi connectivity index (χ3v) is 5.58. The molecule has 0 bridgehead atoms. The lowest BCUT2D eigenvalue weighted by Gasteiger charge is -2.09. The van der Waals surface area contributed by atoms with Crippen LogP contribution in [-0.2, 0) is 0 Å². The highest BCUT2D eigenvalue weighted by molar-refractivity contribution is 14.1. The lowest BCUT2D eigenvalue weighted by atomic mass is 10.1. The molecule has 0 atom stereocenters. The minimum absolute atomic E-state index is 0.837. The molecule has 132 valence electrons. The molecule has 27 heavy (non-hydrogen) atoms. The van der Waals surface area contributed by atoms with E-state index in [1.165, 1.54) is 23.8 Å². The number of benzene rings is 4. The highest BCUT2D eigenvalue weighted by Crippen LogP contribution is 2.30. The average Bonchev–Trinajstić information content (AvgIpc) is 2.69. The Kier molecular flexibility index (Phi) is 5.78. The molecular formula is C24H16I2O. The first kappa shape index (κ1) is 18.5. The first-order valence-electron chi connectivity index (χ1n) is 8.57. The third kappa shape index (κ3) is 4.71. The van der Waals surface area contributed by atoms with Crippen molar-refractivity contribution < 1.29 is 4.74 Å². The van der Waals surface area contributed by atoms with Crippen LogP contribution in [0.4, 0.5) is 0 Å². The second-order valence-electron chi connectivity index (χ2n) is 6.17. The van der Waals surface area contributed by atoms with Crippen LogP contribution >= 0.6 is 45.2 Å². The topological polar surface area (TPSA) is 9.23 Å². The van der Waals surface area contributed by atoms with E-state index < -0.39 is 0 Å². The molecule has 4 aromatic carbocycles. The van der Waals surface area contributed by atoms with E-state index in [1.807, 2.05) is 24.3 Å². The maximum Gasteiger partial charge on any atom is 0.128 e. The Bertz CT molecular complexity index is 1070. The van der Waals surface area contributed by atoms with Crippen molar-refractivity contribution >= 4 is 45.2 Å². The largest absolute Gasteiger partial charge is 0.457 e. The summed E-state index contributed by atoms with van der Waals surface area (Å²) in [6, 6.07) is 33.4. The van der Waals surface area contributed by atoms with E-state index in [9.17, 15) is 0 Å². The molecule has 0 radical (unpaired) electrons. The highest BCUT2D eigenvalue weighted by atomic mass is 127. The molecule has 0 N–H and O–H groups in total. The van der Waals surface area contributed by atoms with Crippen LogP contribution in [0.5, 0.6) is 11.5 Å². The molecule has 3 heteroatoms. The number of ether oxygens (including phenoxy) is 1. The van der Waals surface area contributed by atoms with Gasteiger partial charge < -0.3 is 4.74 Å². The van der Waals surface area contributed by atoms with Crippen molar-refractivity contribution in [3.8, 4) is 33.8 Å². The van der Waals surface area contributed by atoms with Gasteiger partial charge >= 0.3 is 0 Å². The van der Waals surface area contributed by atoms with Crippen LogP contribution in [0.2, 0.25) is 0 Å². The van der Waals surface area contributed by atoms with Gasteiger partial charge in [0, 0.05) is 7.14 Å². The molecule has 0 saturated carbocycles. The summed E-state index contributed by atoms with van der Waals surface area (Å²) in [4.78, 5) is 0. The Morgan fingerprint density at radius 3 is 1.56 bits per heavy atom. The molecule has 4 aromatic rings. The second-order valence-corrected chi connectivity index (χ2v) is 8.67. The molecule has 0 aliphatic heterocycles. The summed E-state index contributed by atoms with van der Waals surface area (Å²) in [6.07, 6.45) is 0. The number of hydrogen-bond donors (Lipinski definition) is 0. The molecule has 1 nitrogen and oxygen atoms in total. The third-order valence-electron chi connectivity index (χ3n) is 4.24. The van der Waals surface area contributed by atoms with E-state index in [1.54, 1.807) is 0 Å². The Balaban J connectivity index is 1.55. The maximum absolute atomic E-state index is 6.08. The van der Waals surface area contributed by atoms with Crippen LogP contribution in [0.25, 0.3) is 22.3 Å². The molecule has 0 aliphatic carbocycles. The molecule has 0 aromatic heterocycles. The molecule has 0 amide bonds. The Morgan fingerprint density at radius 2 is 0.963 bits per heavy atom. The van der Waals surface area contributed by atoms with Crippen molar-refractivity contribution in [1.82, 2.24) is 0 Å². The van der Waals surface area contributed by atoms with Gasteiger partial charge in [-0.3, -0.25) is 0 Å². The van der Waals surface area contributed by atoms with Crippen LogP contribution in [0, 0.1) is 7.14 Å². The van der Waals surface area contributed by atoms with Crippen molar-refractivity contribution in [2.45, 2.75) is 0 Å². The van der Waals surface area contributed by atoms with Crippen molar-refractivity contribution in [2.75, 3.05) is 0 Å². The van der Waals surface area contributed by atoms with E-state index in [2.05, 4.69) is 118 Å². The van der Waals surface area contributed by atoms with Crippen molar-refractivity contribution in [3.05, 3.63) is 104 Å². The van der Waals surface area contributed by atoms with Crippen LogP contribution in [0.1, 0.15) is 0 Å². The molecule has 0 fully saturated rings. The minimum Gasteiger partial charge on any atom is -0.457 e. The second kappa shape index (κ2) is 8.44. The van der Waals surface area contributed by atoms with Gasteiger partial charge in [-0.25, -0.2) is 0 Å². The summed E-state index contributed by atoms with van der Waals surface area (Å²) in [7, 11) is 0. The normalized spacial score (nSPS) is 10.6. The summed E-state index contributed by atoms with van der Waals surface area (Å²) < 4.78 is 8.54. The molecule has 0 aliphatic rings. The molecular weight excluding hydrogens is 558 g/mol. The highest BCUT2D eigenvalue weighted by Gasteiger charge is 2.04. The van der Waals surface area contributed by atoms with Gasteiger partial charge in [0.05, 0.1) is 0 Å². The smallest absolute Gasteiger partial charge is 0.128 e. The van der Waals surface area contributed by atoms with Gasteiger partial charge in [0.25, 0.3) is 0 Å². The SMILES string of the molecule is Ic1cccc(-c2ccc(Oc3cccc(-c4cccc(I)c4)c3)cc2)c1. The molecule has 0 unspecified atom stereocenters. The van der Waals surface area contributed by atoms with Crippen LogP contribution in [0.15, 0.2) is 97.1 Å². The van der Waals surface area contributed by atoms with Gasteiger partial charge in [0.15, 0.2) is 0 Å². The van der Waals surface area contributed by atoms with Crippen LogP contribution in [0.3, 0.4) is 0 Å². The van der Waals surface area contributed by atoms with Crippen molar-refractivity contribution in [1.29, 1.82) is 0 Å². The van der Waals surface area contributed by atoms with E-state index in [0.717, 1.165) is 17.1 Å². The van der Waals surface area contributed by atoms with E-state index in [4.69, 9.17) is 4.74 Å². The van der Waals surface area contributed by atoms with Gasteiger partial charge in [-0.15, -0.1) is 0 Å². The number of rotatable bonds is 4. The quantitative estimate of drug-likeness (QED) is 0.225. The lowest BCUT2D eigenvalue weighted by molar-refractivity contribution is 0.483. The molecule has 0 spiro atoms. The number of halogens is 2. The fourth-order valence-electron chi connectivity index (χ4n) is 2.93. The first-order chi connectivity index (χ1) is 13.2. The zero-order valence-electron chi connectivity index (χ0n) is 14.4. The summed E-state index contributed by atoms with van der Waals surface area (Å²) in [6.45, 7) is 0. The fraction of sp³-hybridized carbons (Fsp3) is 0. The van der Waals surface area contributed by atoms with Crippen molar-refractivity contribution in [2.24, 2.45) is 0 Å². The molecule has 0 saturated heterocycles. The van der Waals surface area contributed by atoms with Crippen LogP contribution < -0.4 is 4.74 Å². The van der Waals surface area contributed by atoms with E-state index >= 15 is 0 Å². The summed E-state index contributed by atoms with van der Waals surface area (Å²) >= 11 is 4.68. The standard InChI is InChI=1S/C24H16I2O/c25-21-7-1-4-18(14-21)17-10-12-23(13-11-17)27-24-9-3-6-20(16-24)19-5-2-8-22(26)15-19/h1-16H. The molecule has 4 rings (SSSR count). The summed E-state index contributed by atoms with van der Waals surface area (Å²) in [5.41, 5.74) is 4.76. The van der Waals surface area contributed by atoms with E-state index in [0.29, 0.717) is 0 Å². The van der Waals surface area contributed by atoms with E-state index in [-0.39, 0.29) is 0 Å². The summed E-state index contributed by atoms with van der Waals surface area (Å²) in [5, 5.41) is 0. The van der Waals surface area contributed by atoms with Gasteiger partial charge in [-0.05, 0) is 116 Å². The average molecular weight is 574 g/mol. The molecule has 0 heterocycles. The monoisotopic (exact) mass is 574 g/mol. The lowest BCUT2D eigenvalue weighted by Crippen LogP contribution is -1.86. The van der Waals surface area contributed by atoms with Gasteiger partial charge in [-0.2, -0.15) is 0 Å².